The maximum atomic E-state index is 10.0. The van der Waals surface area contributed by atoms with Gasteiger partial charge in [0.05, 0.1) is 7.11 Å². The van der Waals surface area contributed by atoms with E-state index in [4.69, 9.17) is 4.74 Å². The van der Waals surface area contributed by atoms with Crippen LogP contribution in [0.2, 0.25) is 0 Å². The van der Waals surface area contributed by atoms with Crippen LogP contribution in [0.5, 0.6) is 17.2 Å². The maximum absolute atomic E-state index is 10.0. The lowest BCUT2D eigenvalue weighted by atomic mass is 10.2. The number of ether oxygens (including phenoxy) is 1. The van der Waals surface area contributed by atoms with Crippen molar-refractivity contribution < 1.29 is 14.9 Å². The molecule has 0 unspecified atom stereocenters. The van der Waals surface area contributed by atoms with Gasteiger partial charge in [0.15, 0.2) is 11.5 Å². The van der Waals surface area contributed by atoms with E-state index in [-0.39, 0.29) is 11.5 Å². The highest BCUT2D eigenvalue weighted by molar-refractivity contribution is 9.10. The molecule has 0 atom stereocenters. The van der Waals surface area contributed by atoms with Crippen LogP contribution in [0.3, 0.4) is 0 Å². The summed E-state index contributed by atoms with van der Waals surface area (Å²) < 4.78 is 5.84. The quantitative estimate of drug-likeness (QED) is 0.835. The van der Waals surface area contributed by atoms with Crippen molar-refractivity contribution in [2.75, 3.05) is 7.11 Å². The largest absolute Gasteiger partial charge is 0.506 e. The molecule has 104 valence electrons. The van der Waals surface area contributed by atoms with Crippen molar-refractivity contribution in [1.82, 2.24) is 0 Å². The van der Waals surface area contributed by atoms with Gasteiger partial charge in [0.1, 0.15) is 11.4 Å². The number of aromatic hydroxyl groups is 2. The van der Waals surface area contributed by atoms with Crippen LogP contribution in [-0.2, 0) is 0 Å². The highest BCUT2D eigenvalue weighted by Crippen LogP contribution is 2.33. The average Bonchev–Trinajstić information content (AvgIpc) is 2.42. The molecule has 0 aliphatic rings. The first kappa shape index (κ1) is 14.4. The molecular weight excluding hydrogens is 322 g/mol. The number of aryl methyl sites for hydroxylation is 1. The Bertz CT molecular complexity index is 668. The molecule has 5 heteroatoms. The van der Waals surface area contributed by atoms with Gasteiger partial charge in [-0.15, -0.1) is 0 Å². The molecule has 0 spiro atoms. The van der Waals surface area contributed by atoms with Crippen molar-refractivity contribution in [3.05, 3.63) is 45.9 Å². The van der Waals surface area contributed by atoms with E-state index in [2.05, 4.69) is 20.9 Å². The third kappa shape index (κ3) is 3.11. The highest BCUT2D eigenvalue weighted by atomic mass is 79.9. The minimum atomic E-state index is 0.00610. The Balaban J connectivity index is 2.41. The molecule has 0 heterocycles. The fourth-order valence-electron chi connectivity index (χ4n) is 1.72. The number of phenols is 2. The molecule has 2 aromatic carbocycles. The number of rotatable bonds is 3. The molecule has 0 bridgehead atoms. The zero-order valence-corrected chi connectivity index (χ0v) is 12.7. The third-order valence-electron chi connectivity index (χ3n) is 2.76. The Labute approximate surface area is 125 Å². The Morgan fingerprint density at radius 1 is 1.20 bits per heavy atom. The maximum Gasteiger partial charge on any atom is 0.166 e. The van der Waals surface area contributed by atoms with E-state index < -0.39 is 0 Å². The third-order valence-corrected chi connectivity index (χ3v) is 3.22. The second-order valence-electron chi connectivity index (χ2n) is 4.30. The molecule has 2 aromatic rings. The summed E-state index contributed by atoms with van der Waals surface area (Å²) in [5.74, 6) is 0.453. The van der Waals surface area contributed by atoms with Crippen LogP contribution in [0.15, 0.2) is 39.8 Å². The zero-order chi connectivity index (χ0) is 14.7. The van der Waals surface area contributed by atoms with Crippen LogP contribution in [-0.4, -0.2) is 23.5 Å². The van der Waals surface area contributed by atoms with Gasteiger partial charge in [0, 0.05) is 16.3 Å². The number of hydrogen-bond donors (Lipinski definition) is 2. The molecule has 0 radical (unpaired) electrons. The molecule has 0 amide bonds. The predicted octanol–water partition coefficient (Wildman–Crippen LogP) is 3.93. The number of methoxy groups -OCH3 is 1. The number of nitrogens with zero attached hydrogens (tertiary/aromatic N) is 1. The molecule has 0 saturated carbocycles. The van der Waals surface area contributed by atoms with Gasteiger partial charge in [-0.1, -0.05) is 22.0 Å². The number of aliphatic imine (C=N–C) groups is 1. The van der Waals surface area contributed by atoms with E-state index in [1.165, 1.54) is 13.3 Å². The number of benzene rings is 2. The van der Waals surface area contributed by atoms with E-state index >= 15 is 0 Å². The first-order valence-electron chi connectivity index (χ1n) is 5.91. The van der Waals surface area contributed by atoms with Crippen molar-refractivity contribution in [2.24, 2.45) is 4.99 Å². The Morgan fingerprint density at radius 3 is 2.65 bits per heavy atom. The van der Waals surface area contributed by atoms with Gasteiger partial charge in [-0.3, -0.25) is 4.99 Å². The number of halogens is 1. The predicted molar refractivity (Wildman–Crippen MR) is 82.5 cm³/mol. The van der Waals surface area contributed by atoms with Crippen LogP contribution >= 0.6 is 15.9 Å². The van der Waals surface area contributed by atoms with Crippen molar-refractivity contribution in [3.8, 4) is 17.2 Å². The van der Waals surface area contributed by atoms with E-state index in [0.29, 0.717) is 17.0 Å². The second kappa shape index (κ2) is 5.96. The minimum absolute atomic E-state index is 0.00610. The lowest BCUT2D eigenvalue weighted by Crippen LogP contribution is -1.89. The summed E-state index contributed by atoms with van der Waals surface area (Å²) in [5, 5.41) is 19.7. The number of phenolic OH excluding ortho intramolecular Hbond substituents is 2. The number of hydrogen-bond acceptors (Lipinski definition) is 4. The van der Waals surface area contributed by atoms with Gasteiger partial charge in [-0.2, -0.15) is 0 Å². The molecular formula is C15H14BrNO3. The van der Waals surface area contributed by atoms with Crippen molar-refractivity contribution in [2.45, 2.75) is 6.92 Å². The zero-order valence-electron chi connectivity index (χ0n) is 11.1. The Kier molecular flexibility index (Phi) is 4.29. The van der Waals surface area contributed by atoms with E-state index in [0.717, 1.165) is 10.0 Å². The summed E-state index contributed by atoms with van der Waals surface area (Å²) >= 11 is 3.34. The lowest BCUT2D eigenvalue weighted by Gasteiger charge is -2.07. The molecule has 2 rings (SSSR count). The average molecular weight is 336 g/mol. The molecule has 4 nitrogen and oxygen atoms in total. The van der Waals surface area contributed by atoms with E-state index in [1.807, 2.05) is 6.92 Å². The molecule has 20 heavy (non-hydrogen) atoms. The first-order chi connectivity index (χ1) is 9.51. The summed E-state index contributed by atoms with van der Waals surface area (Å²) in [4.78, 5) is 4.20. The summed E-state index contributed by atoms with van der Waals surface area (Å²) in [7, 11) is 1.48. The van der Waals surface area contributed by atoms with Crippen LogP contribution in [0, 0.1) is 6.92 Å². The first-order valence-corrected chi connectivity index (χ1v) is 6.70. The van der Waals surface area contributed by atoms with Gasteiger partial charge in [-0.05, 0) is 36.8 Å². The van der Waals surface area contributed by atoms with Crippen molar-refractivity contribution in [1.29, 1.82) is 0 Å². The van der Waals surface area contributed by atoms with Crippen molar-refractivity contribution in [3.63, 3.8) is 0 Å². The van der Waals surface area contributed by atoms with Gasteiger partial charge in [0.25, 0.3) is 0 Å². The summed E-state index contributed by atoms with van der Waals surface area (Å²) in [6.07, 6.45) is 1.48. The fourth-order valence-corrected chi connectivity index (χ4v) is 2.18. The highest BCUT2D eigenvalue weighted by Gasteiger charge is 2.08. The molecule has 0 aliphatic heterocycles. The van der Waals surface area contributed by atoms with Gasteiger partial charge in [0.2, 0.25) is 0 Å². The van der Waals surface area contributed by atoms with Gasteiger partial charge < -0.3 is 14.9 Å². The Hall–Kier alpha value is -2.01. The summed E-state index contributed by atoms with van der Waals surface area (Å²) in [6, 6.07) is 8.53. The SMILES string of the molecule is COc1cc(Br)cc(C=Nc2cc(C)ccc2O)c1O. The summed E-state index contributed by atoms with van der Waals surface area (Å²) in [5.41, 5.74) is 1.94. The van der Waals surface area contributed by atoms with Crippen LogP contribution in [0.25, 0.3) is 0 Å². The van der Waals surface area contributed by atoms with E-state index in [1.54, 1.807) is 30.3 Å². The Morgan fingerprint density at radius 2 is 1.95 bits per heavy atom. The topological polar surface area (TPSA) is 62.0 Å². The molecule has 0 aromatic heterocycles. The molecule has 0 saturated heterocycles. The smallest absolute Gasteiger partial charge is 0.166 e. The monoisotopic (exact) mass is 335 g/mol. The van der Waals surface area contributed by atoms with Crippen LogP contribution in [0.1, 0.15) is 11.1 Å². The minimum Gasteiger partial charge on any atom is -0.506 e. The standard InChI is InChI=1S/C15H14BrNO3/c1-9-3-4-13(18)12(5-9)17-8-10-6-11(16)7-14(20-2)15(10)19/h3-8,18-19H,1-2H3. The summed E-state index contributed by atoms with van der Waals surface area (Å²) in [6.45, 7) is 1.91. The lowest BCUT2D eigenvalue weighted by molar-refractivity contribution is 0.373. The second-order valence-corrected chi connectivity index (χ2v) is 5.21. The normalized spacial score (nSPS) is 10.9. The fraction of sp³-hybridized carbons (Fsp3) is 0.133. The molecule has 0 fully saturated rings. The molecule has 2 N–H and O–H groups in total. The van der Waals surface area contributed by atoms with Crippen LogP contribution < -0.4 is 4.74 Å². The molecule has 0 aliphatic carbocycles. The van der Waals surface area contributed by atoms with Crippen LogP contribution in [0.4, 0.5) is 5.69 Å². The van der Waals surface area contributed by atoms with Crippen molar-refractivity contribution >= 4 is 27.8 Å². The van der Waals surface area contributed by atoms with Gasteiger partial charge in [-0.25, -0.2) is 0 Å². The van der Waals surface area contributed by atoms with Gasteiger partial charge >= 0.3 is 0 Å². The van der Waals surface area contributed by atoms with E-state index in [9.17, 15) is 10.2 Å².